The molecule has 4 aromatic heterocycles. The van der Waals surface area contributed by atoms with Crippen LogP contribution in [-0.4, -0.2) is 15.8 Å². The molecular weight excluding hydrogens is 962 g/mol. The Labute approximate surface area is 444 Å². The SMILES string of the molecule is [C-]#[N+]c1c(-n2c3ccc(-c4ccc5sc6ccccc6c5c4)cc3c3cc(-c4ccc5sc6ccccc6c5c4)ccc32)c(C#N)c2c3c1-n1c4ccccc4c4cccc(c41)B3c1ccccc1N2c1ccccc1. The Morgan fingerprint density at radius 3 is 1.58 bits per heavy atom. The molecule has 15 aromatic rings. The molecular formula is C68H36BN5S2. The van der Waals surface area contributed by atoms with Crippen LogP contribution < -0.4 is 21.3 Å². The van der Waals surface area contributed by atoms with Gasteiger partial charge >= 0.3 is 0 Å². The molecule has 0 amide bonds. The van der Waals surface area contributed by atoms with E-state index >= 15 is 0 Å². The van der Waals surface area contributed by atoms with E-state index in [1.54, 1.807) is 0 Å². The summed E-state index contributed by atoms with van der Waals surface area (Å²) >= 11 is 3.66. The fourth-order valence-electron chi connectivity index (χ4n) is 13.2. The molecule has 0 saturated heterocycles. The highest BCUT2D eigenvalue weighted by Crippen LogP contribution is 2.51. The van der Waals surface area contributed by atoms with Crippen LogP contribution in [0.1, 0.15) is 5.56 Å². The van der Waals surface area contributed by atoms with Crippen molar-refractivity contribution in [3.63, 3.8) is 0 Å². The van der Waals surface area contributed by atoms with Crippen molar-refractivity contribution in [3.05, 3.63) is 235 Å². The molecule has 0 saturated carbocycles. The summed E-state index contributed by atoms with van der Waals surface area (Å²) in [5.41, 5.74) is 16.7. The Hall–Kier alpha value is -9.70. The first-order chi connectivity index (χ1) is 37.6. The lowest BCUT2D eigenvalue weighted by Crippen LogP contribution is -2.60. The number of hydrogen-bond acceptors (Lipinski definition) is 4. The van der Waals surface area contributed by atoms with E-state index in [0.717, 1.165) is 105 Å². The molecule has 0 unspecified atom stereocenters. The normalized spacial score (nSPS) is 12.7. The summed E-state index contributed by atoms with van der Waals surface area (Å²) in [6.07, 6.45) is 0. The molecule has 0 bridgehead atoms. The van der Waals surface area contributed by atoms with Gasteiger partial charge in [-0.25, -0.2) is 4.85 Å². The summed E-state index contributed by atoms with van der Waals surface area (Å²) in [5, 5.41) is 21.5. The van der Waals surface area contributed by atoms with Crippen LogP contribution in [0.5, 0.6) is 0 Å². The lowest BCUT2D eigenvalue weighted by molar-refractivity contribution is 1.13. The first-order valence-electron chi connectivity index (χ1n) is 25.5. The second kappa shape index (κ2) is 15.4. The zero-order valence-electron chi connectivity index (χ0n) is 40.4. The maximum Gasteiger partial charge on any atom is 0.250 e. The molecule has 76 heavy (non-hydrogen) atoms. The third kappa shape index (κ3) is 5.51. The fourth-order valence-corrected chi connectivity index (χ4v) is 15.4. The maximum atomic E-state index is 12.2. The van der Waals surface area contributed by atoms with Crippen LogP contribution in [0.3, 0.4) is 0 Å². The zero-order valence-corrected chi connectivity index (χ0v) is 42.0. The lowest BCUT2D eigenvalue weighted by Gasteiger charge is -2.42. The van der Waals surface area contributed by atoms with Gasteiger partial charge in [-0.15, -0.1) is 22.7 Å². The van der Waals surface area contributed by atoms with Gasteiger partial charge in [-0.2, -0.15) is 5.26 Å². The van der Waals surface area contributed by atoms with Crippen molar-refractivity contribution in [2.75, 3.05) is 4.90 Å². The molecule has 0 fully saturated rings. The van der Waals surface area contributed by atoms with E-state index in [9.17, 15) is 11.8 Å². The average molecular weight is 998 g/mol. The standard InChI is InChI=1S/C68H36BN5S2/c1-71-64-67(52(38-70)66-63-68(64)74-55-22-9-5-16-44(55)47-19-13-21-54(65(47)74)69(63)53-20-8-10-23-58(53)72(66)43-14-3-2-4-15-43)73-56-30-26-39(41-28-32-61-50(36-41)45-17-6-11-24-59(45)75-61)34-48(56)49-35-40(27-31-57(49)73)42-29-33-62-51(37-42)46-18-7-12-25-60(46)76-62/h2-37H. The molecule has 0 radical (unpaired) electrons. The second-order valence-electron chi connectivity index (χ2n) is 20.1. The number of thiophene rings is 2. The van der Waals surface area contributed by atoms with Crippen molar-refractivity contribution < 1.29 is 0 Å². The molecule has 2 aliphatic heterocycles. The van der Waals surface area contributed by atoms with Crippen LogP contribution in [0.15, 0.2) is 218 Å². The molecule has 6 heterocycles. The molecule has 0 atom stereocenters. The highest BCUT2D eigenvalue weighted by Gasteiger charge is 2.46. The molecule has 0 spiro atoms. The minimum atomic E-state index is -0.248. The van der Waals surface area contributed by atoms with Crippen LogP contribution in [0.2, 0.25) is 0 Å². The summed E-state index contributed by atoms with van der Waals surface area (Å²) in [6, 6.07) is 81.7. The molecule has 348 valence electrons. The monoisotopic (exact) mass is 997 g/mol. The van der Waals surface area contributed by atoms with Crippen molar-refractivity contribution in [2.45, 2.75) is 0 Å². The van der Waals surface area contributed by atoms with E-state index in [0.29, 0.717) is 16.9 Å². The number of para-hydroxylation sites is 4. The Balaban J connectivity index is 1.01. The van der Waals surface area contributed by atoms with Crippen molar-refractivity contribution in [1.82, 2.24) is 9.13 Å². The predicted molar refractivity (Wildman–Crippen MR) is 322 cm³/mol. The summed E-state index contributed by atoms with van der Waals surface area (Å²) < 4.78 is 9.68. The highest BCUT2D eigenvalue weighted by molar-refractivity contribution is 7.26. The molecule has 2 aliphatic rings. The van der Waals surface area contributed by atoms with E-state index < -0.39 is 0 Å². The molecule has 8 heteroatoms. The quantitative estimate of drug-likeness (QED) is 0.130. The first kappa shape index (κ1) is 41.7. The Morgan fingerprint density at radius 1 is 0.421 bits per heavy atom. The van der Waals surface area contributed by atoms with Crippen LogP contribution in [0.25, 0.3) is 122 Å². The van der Waals surface area contributed by atoms with Crippen molar-refractivity contribution in [2.24, 2.45) is 0 Å². The Morgan fingerprint density at radius 2 is 0.934 bits per heavy atom. The van der Waals surface area contributed by atoms with Gasteiger partial charge in [-0.1, -0.05) is 133 Å². The third-order valence-electron chi connectivity index (χ3n) is 16.3. The maximum absolute atomic E-state index is 12.2. The number of anilines is 3. The Kier molecular flexibility index (Phi) is 8.47. The topological polar surface area (TPSA) is 41.2 Å². The van der Waals surface area contributed by atoms with Gasteiger partial charge in [0.2, 0.25) is 5.69 Å². The third-order valence-corrected chi connectivity index (χ3v) is 18.6. The molecule has 11 aromatic carbocycles. The smallest absolute Gasteiger partial charge is 0.250 e. The predicted octanol–water partition coefficient (Wildman–Crippen LogP) is 17.0. The number of fused-ring (bicyclic) bond motifs is 16. The van der Waals surface area contributed by atoms with E-state index in [1.165, 1.54) is 40.3 Å². The van der Waals surface area contributed by atoms with Gasteiger partial charge in [0.1, 0.15) is 6.07 Å². The molecule has 0 N–H and O–H groups in total. The van der Waals surface area contributed by atoms with E-state index in [-0.39, 0.29) is 6.71 Å². The number of benzene rings is 11. The minimum absolute atomic E-state index is 0.248. The minimum Gasteiger partial charge on any atom is -0.320 e. The zero-order chi connectivity index (χ0) is 49.9. The van der Waals surface area contributed by atoms with Crippen LogP contribution in [0.4, 0.5) is 22.7 Å². The van der Waals surface area contributed by atoms with Crippen LogP contribution in [0, 0.1) is 17.9 Å². The largest absolute Gasteiger partial charge is 0.320 e. The van der Waals surface area contributed by atoms with Gasteiger partial charge in [0.05, 0.1) is 45.7 Å². The average Bonchev–Trinajstić information content (AvgIpc) is 4.36. The number of aromatic nitrogens is 2. The van der Waals surface area contributed by atoms with E-state index in [2.05, 4.69) is 237 Å². The van der Waals surface area contributed by atoms with E-state index in [4.69, 9.17) is 0 Å². The number of rotatable bonds is 4. The second-order valence-corrected chi connectivity index (χ2v) is 22.3. The van der Waals surface area contributed by atoms with E-state index in [1.807, 2.05) is 28.7 Å². The summed E-state index contributed by atoms with van der Waals surface area (Å²) in [4.78, 5) is 6.95. The lowest BCUT2D eigenvalue weighted by atomic mass is 9.33. The molecule has 0 aliphatic carbocycles. The van der Waals surface area contributed by atoms with Crippen LogP contribution >= 0.6 is 22.7 Å². The highest BCUT2D eigenvalue weighted by atomic mass is 32.1. The van der Waals surface area contributed by atoms with Gasteiger partial charge in [0, 0.05) is 78.8 Å². The van der Waals surface area contributed by atoms with Gasteiger partial charge in [0.15, 0.2) is 0 Å². The summed E-state index contributed by atoms with van der Waals surface area (Å²) in [6.45, 7) is 9.26. The number of nitrogens with zero attached hydrogens (tertiary/aromatic N) is 5. The number of nitriles is 1. The van der Waals surface area contributed by atoms with Gasteiger partial charge in [-0.05, 0) is 124 Å². The molecule has 17 rings (SSSR count). The number of hydrogen-bond donors (Lipinski definition) is 0. The molecule has 5 nitrogen and oxygen atoms in total. The van der Waals surface area contributed by atoms with Crippen molar-refractivity contribution in [3.8, 4) is 39.7 Å². The van der Waals surface area contributed by atoms with Crippen molar-refractivity contribution in [1.29, 1.82) is 5.26 Å². The van der Waals surface area contributed by atoms with Crippen LogP contribution in [-0.2, 0) is 0 Å². The summed E-state index contributed by atoms with van der Waals surface area (Å²) in [7, 11) is 0. The fraction of sp³-hybridized carbons (Fsp3) is 0. The summed E-state index contributed by atoms with van der Waals surface area (Å²) in [5.74, 6) is 0. The van der Waals surface area contributed by atoms with Crippen molar-refractivity contribution >= 4 is 152 Å². The first-order valence-corrected chi connectivity index (χ1v) is 27.2. The van der Waals surface area contributed by atoms with Gasteiger partial charge in [-0.3, -0.25) is 0 Å². The Bertz CT molecular complexity index is 5010. The van der Waals surface area contributed by atoms with Gasteiger partial charge < -0.3 is 14.0 Å². The van der Waals surface area contributed by atoms with Gasteiger partial charge in [0.25, 0.3) is 6.71 Å².